The van der Waals surface area contributed by atoms with Crippen molar-refractivity contribution < 1.29 is 0 Å². The second-order valence-electron chi connectivity index (χ2n) is 5.54. The molecule has 1 saturated carbocycles. The van der Waals surface area contributed by atoms with Crippen molar-refractivity contribution in [3.63, 3.8) is 0 Å². The maximum atomic E-state index is 11.5. The first kappa shape index (κ1) is 15.3. The zero-order valence-corrected chi connectivity index (χ0v) is 15.2. The number of hydrogen-bond donors (Lipinski definition) is 1. The molecule has 1 aliphatic carbocycles. The van der Waals surface area contributed by atoms with E-state index in [9.17, 15) is 4.79 Å². The Labute approximate surface area is 144 Å². The number of aromatic nitrogens is 2. The van der Waals surface area contributed by atoms with Gasteiger partial charge in [-0.1, -0.05) is 18.5 Å². The highest BCUT2D eigenvalue weighted by atomic mass is 79.9. The Morgan fingerprint density at radius 3 is 2.62 bits per heavy atom. The molecule has 0 aliphatic heterocycles. The van der Waals surface area contributed by atoms with E-state index in [1.54, 1.807) is 12.3 Å². The van der Waals surface area contributed by atoms with Gasteiger partial charge in [0, 0.05) is 11.8 Å². The van der Waals surface area contributed by atoms with Crippen LogP contribution in [0.5, 0.6) is 0 Å². The van der Waals surface area contributed by atoms with Crippen LogP contribution in [0.2, 0.25) is 5.15 Å². The molecule has 0 radical (unpaired) electrons. The first-order chi connectivity index (χ1) is 9.95. The van der Waals surface area contributed by atoms with Crippen LogP contribution < -0.4 is 5.56 Å². The standard InChI is InChI=1S/C15H13Br2ClN2O/c1-7-2-8(3-7)10-5-11(16)14(18)20-13(10)9-4-12(17)15(21)19-6-9/h4-8H,2-3H2,1H3,(H,19,21). The van der Waals surface area contributed by atoms with Crippen molar-refractivity contribution in [3.05, 3.63) is 48.3 Å². The van der Waals surface area contributed by atoms with Gasteiger partial charge in [-0.25, -0.2) is 4.98 Å². The first-order valence-electron chi connectivity index (χ1n) is 6.70. The minimum Gasteiger partial charge on any atom is -0.327 e. The zero-order valence-electron chi connectivity index (χ0n) is 11.3. The van der Waals surface area contributed by atoms with E-state index in [4.69, 9.17) is 11.6 Å². The van der Waals surface area contributed by atoms with Gasteiger partial charge in [0.1, 0.15) is 5.15 Å². The number of H-pyrrole nitrogens is 1. The van der Waals surface area contributed by atoms with Crippen LogP contribution in [0.4, 0.5) is 0 Å². The first-order valence-corrected chi connectivity index (χ1v) is 8.66. The number of pyridine rings is 2. The van der Waals surface area contributed by atoms with Crippen LogP contribution in [0.3, 0.4) is 0 Å². The molecule has 0 aromatic carbocycles. The highest BCUT2D eigenvalue weighted by molar-refractivity contribution is 9.10. The van der Waals surface area contributed by atoms with Crippen LogP contribution in [0.25, 0.3) is 11.3 Å². The van der Waals surface area contributed by atoms with E-state index in [1.165, 1.54) is 5.56 Å². The van der Waals surface area contributed by atoms with E-state index in [2.05, 4.69) is 54.8 Å². The SMILES string of the molecule is CC1CC(c2cc(Br)c(Cl)nc2-c2c[nH]c(=O)c(Br)c2)C1. The van der Waals surface area contributed by atoms with Gasteiger partial charge in [0.2, 0.25) is 0 Å². The lowest BCUT2D eigenvalue weighted by Crippen LogP contribution is -2.20. The number of nitrogens with zero attached hydrogens (tertiary/aromatic N) is 1. The lowest BCUT2D eigenvalue weighted by atomic mass is 9.71. The Hall–Kier alpha value is -0.650. The summed E-state index contributed by atoms with van der Waals surface area (Å²) in [6.07, 6.45) is 4.01. The van der Waals surface area contributed by atoms with E-state index >= 15 is 0 Å². The van der Waals surface area contributed by atoms with Gasteiger partial charge >= 0.3 is 0 Å². The maximum Gasteiger partial charge on any atom is 0.262 e. The summed E-state index contributed by atoms with van der Waals surface area (Å²) in [7, 11) is 0. The maximum absolute atomic E-state index is 11.5. The molecule has 0 saturated heterocycles. The third kappa shape index (κ3) is 2.96. The van der Waals surface area contributed by atoms with Gasteiger partial charge in [0.25, 0.3) is 5.56 Å². The molecule has 2 aromatic rings. The number of halogens is 3. The van der Waals surface area contributed by atoms with E-state index in [-0.39, 0.29) is 5.56 Å². The minimum atomic E-state index is -0.152. The smallest absolute Gasteiger partial charge is 0.262 e. The Morgan fingerprint density at radius 2 is 2.00 bits per heavy atom. The zero-order chi connectivity index (χ0) is 15.1. The molecule has 0 amide bonds. The third-order valence-corrected chi connectivity index (χ3v) is 5.62. The fourth-order valence-electron chi connectivity index (χ4n) is 2.77. The van der Waals surface area contributed by atoms with Crippen LogP contribution in [-0.2, 0) is 0 Å². The number of nitrogens with one attached hydrogen (secondary N) is 1. The Kier molecular flexibility index (Phi) is 4.26. The molecule has 2 heterocycles. The minimum absolute atomic E-state index is 0.152. The molecule has 21 heavy (non-hydrogen) atoms. The molecule has 6 heteroatoms. The molecule has 1 aliphatic rings. The van der Waals surface area contributed by atoms with Gasteiger partial charge in [-0.3, -0.25) is 4.79 Å². The lowest BCUT2D eigenvalue weighted by Gasteiger charge is -2.34. The summed E-state index contributed by atoms with van der Waals surface area (Å²) in [5.74, 6) is 1.25. The van der Waals surface area contributed by atoms with Crippen molar-refractivity contribution in [1.82, 2.24) is 9.97 Å². The molecule has 0 bridgehead atoms. The summed E-state index contributed by atoms with van der Waals surface area (Å²) in [5.41, 5.74) is 2.74. The van der Waals surface area contributed by atoms with E-state index < -0.39 is 0 Å². The molecule has 1 fully saturated rings. The van der Waals surface area contributed by atoms with E-state index in [1.807, 2.05) is 0 Å². The van der Waals surface area contributed by atoms with Crippen LogP contribution >= 0.6 is 43.5 Å². The van der Waals surface area contributed by atoms with Crippen molar-refractivity contribution in [3.8, 4) is 11.3 Å². The van der Waals surface area contributed by atoms with Crippen LogP contribution in [-0.4, -0.2) is 9.97 Å². The molecule has 3 rings (SSSR count). The van der Waals surface area contributed by atoms with E-state index in [0.29, 0.717) is 15.5 Å². The Balaban J connectivity index is 2.13. The normalized spacial score (nSPS) is 21.1. The highest BCUT2D eigenvalue weighted by Crippen LogP contribution is 2.45. The average molecular weight is 433 g/mol. The summed E-state index contributed by atoms with van der Waals surface area (Å²) in [4.78, 5) is 18.7. The second kappa shape index (κ2) is 5.86. The summed E-state index contributed by atoms with van der Waals surface area (Å²) in [6.45, 7) is 2.26. The number of rotatable bonds is 2. The summed E-state index contributed by atoms with van der Waals surface area (Å²) in [6, 6.07) is 3.84. The third-order valence-electron chi connectivity index (χ3n) is 3.91. The molecular formula is C15H13Br2ClN2O. The molecule has 0 atom stereocenters. The number of hydrogen-bond acceptors (Lipinski definition) is 2. The predicted molar refractivity (Wildman–Crippen MR) is 91.8 cm³/mol. The molecule has 110 valence electrons. The largest absolute Gasteiger partial charge is 0.327 e. The highest BCUT2D eigenvalue weighted by Gasteiger charge is 2.30. The Morgan fingerprint density at radius 1 is 1.29 bits per heavy atom. The van der Waals surface area contributed by atoms with Crippen LogP contribution in [0.15, 0.2) is 32.1 Å². The predicted octanol–water partition coefficient (Wildman–Crippen LogP) is 5.13. The topological polar surface area (TPSA) is 45.8 Å². The van der Waals surface area contributed by atoms with Gasteiger partial charge in [0.05, 0.1) is 14.6 Å². The monoisotopic (exact) mass is 430 g/mol. The molecular weight excluding hydrogens is 419 g/mol. The fraction of sp³-hybridized carbons (Fsp3) is 0.333. The van der Waals surface area contributed by atoms with Crippen LogP contribution in [0, 0.1) is 5.92 Å². The number of aromatic amines is 1. The fourth-order valence-corrected chi connectivity index (χ4v) is 3.61. The quantitative estimate of drug-likeness (QED) is 0.669. The van der Waals surface area contributed by atoms with Gasteiger partial charge in [-0.2, -0.15) is 0 Å². The van der Waals surface area contributed by atoms with E-state index in [0.717, 1.165) is 34.5 Å². The van der Waals surface area contributed by atoms with Gasteiger partial charge in [0.15, 0.2) is 0 Å². The lowest BCUT2D eigenvalue weighted by molar-refractivity contribution is 0.288. The van der Waals surface area contributed by atoms with Crippen molar-refractivity contribution in [1.29, 1.82) is 0 Å². The van der Waals surface area contributed by atoms with Gasteiger partial charge in [-0.05, 0) is 74.2 Å². The molecule has 1 N–H and O–H groups in total. The van der Waals surface area contributed by atoms with Gasteiger partial charge in [-0.15, -0.1) is 0 Å². The van der Waals surface area contributed by atoms with Gasteiger partial charge < -0.3 is 4.98 Å². The summed E-state index contributed by atoms with van der Waals surface area (Å²) in [5, 5.41) is 0.434. The molecule has 0 unspecified atom stereocenters. The Bertz CT molecular complexity index is 754. The molecule has 3 nitrogen and oxygen atoms in total. The second-order valence-corrected chi connectivity index (χ2v) is 7.60. The average Bonchev–Trinajstić information content (AvgIpc) is 2.41. The van der Waals surface area contributed by atoms with Crippen molar-refractivity contribution in [2.75, 3.05) is 0 Å². The van der Waals surface area contributed by atoms with Crippen molar-refractivity contribution in [2.45, 2.75) is 25.7 Å². The van der Waals surface area contributed by atoms with Crippen molar-refractivity contribution >= 4 is 43.5 Å². The summed E-state index contributed by atoms with van der Waals surface area (Å²) >= 11 is 12.9. The molecule has 0 spiro atoms. The van der Waals surface area contributed by atoms with Crippen molar-refractivity contribution in [2.24, 2.45) is 5.92 Å². The summed E-state index contributed by atoms with van der Waals surface area (Å²) < 4.78 is 1.31. The molecule has 2 aromatic heterocycles. The van der Waals surface area contributed by atoms with Crippen LogP contribution in [0.1, 0.15) is 31.2 Å².